The molecule has 0 unspecified atom stereocenters. The van der Waals surface area contributed by atoms with Gasteiger partial charge in [-0.3, -0.25) is 0 Å². The van der Waals surface area contributed by atoms with E-state index in [2.05, 4.69) is 11.2 Å². The maximum absolute atomic E-state index is 11.7. The standard InChI is InChI=1S/C12H14O2S/c1-12(2,3)9-10-15(13,14)11-7-5-4-6-8-11/h4-8H,1-3H3. The molecular weight excluding hydrogens is 208 g/mol. The first-order valence-electron chi connectivity index (χ1n) is 4.65. The zero-order chi connectivity index (χ0) is 11.5. The fourth-order valence-electron chi connectivity index (χ4n) is 0.879. The van der Waals surface area contributed by atoms with Crippen molar-refractivity contribution in [1.82, 2.24) is 0 Å². The number of benzene rings is 1. The zero-order valence-electron chi connectivity index (χ0n) is 9.11. The summed E-state index contributed by atoms with van der Waals surface area (Å²) in [5, 5.41) is 2.34. The molecular formula is C12H14O2S. The molecule has 2 nitrogen and oxygen atoms in total. The summed E-state index contributed by atoms with van der Waals surface area (Å²) < 4.78 is 23.4. The topological polar surface area (TPSA) is 34.1 Å². The smallest absolute Gasteiger partial charge is 0.210 e. The minimum Gasteiger partial charge on any atom is -0.210 e. The van der Waals surface area contributed by atoms with E-state index in [9.17, 15) is 8.42 Å². The van der Waals surface area contributed by atoms with E-state index in [-0.39, 0.29) is 10.3 Å². The minimum absolute atomic E-state index is 0.252. The van der Waals surface area contributed by atoms with Crippen molar-refractivity contribution in [3.8, 4) is 11.2 Å². The Morgan fingerprint density at radius 3 is 2.07 bits per heavy atom. The van der Waals surface area contributed by atoms with Gasteiger partial charge in [0.05, 0.1) is 4.90 Å². The van der Waals surface area contributed by atoms with Crippen LogP contribution in [-0.2, 0) is 9.84 Å². The maximum Gasteiger partial charge on any atom is 0.245 e. The molecule has 0 fully saturated rings. The highest BCUT2D eigenvalue weighted by Crippen LogP contribution is 2.13. The lowest BCUT2D eigenvalue weighted by Crippen LogP contribution is -2.03. The average Bonchev–Trinajstić information content (AvgIpc) is 2.16. The number of hydrogen-bond acceptors (Lipinski definition) is 2. The Morgan fingerprint density at radius 2 is 1.60 bits per heavy atom. The van der Waals surface area contributed by atoms with E-state index < -0.39 is 9.84 Å². The van der Waals surface area contributed by atoms with Crippen LogP contribution in [0.3, 0.4) is 0 Å². The molecule has 0 atom stereocenters. The molecule has 0 heterocycles. The summed E-state index contributed by atoms with van der Waals surface area (Å²) in [6.07, 6.45) is 0. The Balaban J connectivity index is 3.10. The van der Waals surface area contributed by atoms with E-state index >= 15 is 0 Å². The number of hydrogen-bond donors (Lipinski definition) is 0. The first-order valence-corrected chi connectivity index (χ1v) is 6.14. The van der Waals surface area contributed by atoms with Crippen LogP contribution in [0.5, 0.6) is 0 Å². The Labute approximate surface area is 91.2 Å². The highest BCUT2D eigenvalue weighted by atomic mass is 32.2. The normalized spacial score (nSPS) is 11.7. The van der Waals surface area contributed by atoms with Gasteiger partial charge >= 0.3 is 0 Å². The lowest BCUT2D eigenvalue weighted by Gasteiger charge is -2.06. The van der Waals surface area contributed by atoms with E-state index in [1.807, 2.05) is 20.8 Å². The molecule has 0 saturated heterocycles. The van der Waals surface area contributed by atoms with Crippen molar-refractivity contribution in [1.29, 1.82) is 0 Å². The fraction of sp³-hybridized carbons (Fsp3) is 0.333. The van der Waals surface area contributed by atoms with Crippen molar-refractivity contribution in [3.05, 3.63) is 30.3 Å². The molecule has 0 aromatic heterocycles. The molecule has 0 saturated carbocycles. The van der Waals surface area contributed by atoms with Gasteiger partial charge in [0.1, 0.15) is 0 Å². The molecule has 15 heavy (non-hydrogen) atoms. The van der Waals surface area contributed by atoms with Crippen molar-refractivity contribution >= 4 is 9.84 Å². The summed E-state index contributed by atoms with van der Waals surface area (Å²) in [4.78, 5) is 0.252. The summed E-state index contributed by atoms with van der Waals surface area (Å²) in [7, 11) is -3.45. The Bertz CT molecular complexity index is 482. The summed E-state index contributed by atoms with van der Waals surface area (Å²) in [5.41, 5.74) is -0.304. The van der Waals surface area contributed by atoms with Crippen molar-refractivity contribution in [2.45, 2.75) is 25.7 Å². The van der Waals surface area contributed by atoms with Gasteiger partial charge in [-0.2, -0.15) is 0 Å². The molecule has 1 aromatic rings. The van der Waals surface area contributed by atoms with Gasteiger partial charge in [0.15, 0.2) is 0 Å². The van der Waals surface area contributed by atoms with Crippen LogP contribution in [0, 0.1) is 16.6 Å². The quantitative estimate of drug-likeness (QED) is 0.540. The van der Waals surface area contributed by atoms with Crippen LogP contribution in [0.2, 0.25) is 0 Å². The summed E-state index contributed by atoms with van der Waals surface area (Å²) in [6.45, 7) is 5.63. The van der Waals surface area contributed by atoms with Crippen LogP contribution in [0.25, 0.3) is 0 Å². The molecule has 0 bridgehead atoms. The van der Waals surface area contributed by atoms with Crippen molar-refractivity contribution < 1.29 is 8.42 Å². The third kappa shape index (κ3) is 3.77. The Morgan fingerprint density at radius 1 is 1.07 bits per heavy atom. The van der Waals surface area contributed by atoms with Gasteiger partial charge in [0.25, 0.3) is 0 Å². The van der Waals surface area contributed by atoms with Crippen LogP contribution in [0.1, 0.15) is 20.8 Å². The van der Waals surface area contributed by atoms with Crippen LogP contribution in [0.15, 0.2) is 35.2 Å². The minimum atomic E-state index is -3.45. The summed E-state index contributed by atoms with van der Waals surface area (Å²) in [6, 6.07) is 8.24. The fourth-order valence-corrected chi connectivity index (χ4v) is 1.95. The van der Waals surface area contributed by atoms with E-state index in [1.165, 1.54) is 0 Å². The SMILES string of the molecule is CC(C)(C)C#CS(=O)(=O)c1ccccc1. The second-order valence-corrected chi connectivity index (χ2v) is 5.98. The van der Waals surface area contributed by atoms with E-state index in [4.69, 9.17) is 0 Å². The van der Waals surface area contributed by atoms with Gasteiger partial charge in [0.2, 0.25) is 9.84 Å². The third-order valence-electron chi connectivity index (χ3n) is 1.61. The first kappa shape index (κ1) is 11.8. The molecule has 0 N–H and O–H groups in total. The van der Waals surface area contributed by atoms with E-state index in [0.29, 0.717) is 0 Å². The van der Waals surface area contributed by atoms with E-state index in [1.54, 1.807) is 30.3 Å². The van der Waals surface area contributed by atoms with Crippen LogP contribution >= 0.6 is 0 Å². The molecule has 1 aromatic carbocycles. The lowest BCUT2D eigenvalue weighted by molar-refractivity contribution is 0.570. The molecule has 0 spiro atoms. The molecule has 1 rings (SSSR count). The molecule has 80 valence electrons. The molecule has 0 amide bonds. The van der Waals surface area contributed by atoms with Gasteiger partial charge in [0, 0.05) is 10.7 Å². The highest BCUT2D eigenvalue weighted by Gasteiger charge is 2.11. The monoisotopic (exact) mass is 222 g/mol. The van der Waals surface area contributed by atoms with Gasteiger partial charge in [-0.1, -0.05) is 24.1 Å². The molecule has 0 aliphatic heterocycles. The molecule has 3 heteroatoms. The number of sulfone groups is 1. The predicted octanol–water partition coefficient (Wildman–Crippen LogP) is 2.47. The average molecular weight is 222 g/mol. The third-order valence-corrected chi connectivity index (χ3v) is 2.88. The van der Waals surface area contributed by atoms with Gasteiger partial charge < -0.3 is 0 Å². The van der Waals surface area contributed by atoms with Gasteiger partial charge in [-0.15, -0.1) is 0 Å². The Hall–Kier alpha value is -1.27. The second kappa shape index (κ2) is 4.08. The van der Waals surface area contributed by atoms with Gasteiger partial charge in [-0.25, -0.2) is 8.42 Å². The van der Waals surface area contributed by atoms with Crippen LogP contribution < -0.4 is 0 Å². The lowest BCUT2D eigenvalue weighted by atomic mass is 9.99. The van der Waals surface area contributed by atoms with Crippen molar-refractivity contribution in [2.24, 2.45) is 5.41 Å². The largest absolute Gasteiger partial charge is 0.245 e. The molecule has 0 aliphatic carbocycles. The highest BCUT2D eigenvalue weighted by molar-refractivity contribution is 7.96. The number of rotatable bonds is 1. The van der Waals surface area contributed by atoms with Crippen LogP contribution in [-0.4, -0.2) is 8.42 Å². The van der Waals surface area contributed by atoms with Crippen LogP contribution in [0.4, 0.5) is 0 Å². The van der Waals surface area contributed by atoms with E-state index in [0.717, 1.165) is 0 Å². The van der Waals surface area contributed by atoms with Gasteiger partial charge in [-0.05, 0) is 32.9 Å². The first-order chi connectivity index (χ1) is 6.81. The predicted molar refractivity (Wildman–Crippen MR) is 60.9 cm³/mol. The second-order valence-electron chi connectivity index (χ2n) is 4.29. The van der Waals surface area contributed by atoms with Crippen molar-refractivity contribution in [2.75, 3.05) is 0 Å². The summed E-state index contributed by atoms with van der Waals surface area (Å²) >= 11 is 0. The maximum atomic E-state index is 11.7. The molecule has 0 radical (unpaired) electrons. The van der Waals surface area contributed by atoms with Crippen molar-refractivity contribution in [3.63, 3.8) is 0 Å². The Kier molecular flexibility index (Phi) is 3.21. The summed E-state index contributed by atoms with van der Waals surface area (Å²) in [5.74, 6) is 2.72. The molecule has 0 aliphatic rings. The zero-order valence-corrected chi connectivity index (χ0v) is 9.93.